The molecule has 0 fully saturated rings. The molecule has 0 aromatic heterocycles. The minimum Gasteiger partial charge on any atom is -0.380 e. The molecule has 0 aliphatic carbocycles. The van der Waals surface area contributed by atoms with Gasteiger partial charge in [0.2, 0.25) is 0 Å². The van der Waals surface area contributed by atoms with Crippen LogP contribution in [0.2, 0.25) is 0 Å². The Morgan fingerprint density at radius 1 is 1.27 bits per heavy atom. The highest BCUT2D eigenvalue weighted by Crippen LogP contribution is 2.12. The van der Waals surface area contributed by atoms with Crippen molar-refractivity contribution in [1.29, 1.82) is 0 Å². The Balaban J connectivity index is 2.50. The Kier molecular flexibility index (Phi) is 4.79. The second-order valence-corrected chi connectivity index (χ2v) is 4.05. The minimum absolute atomic E-state index is 0.273. The zero-order valence-electron chi connectivity index (χ0n) is 10.1. The van der Waals surface area contributed by atoms with Crippen LogP contribution in [0.5, 0.6) is 0 Å². The molecule has 2 heteroatoms. The summed E-state index contributed by atoms with van der Waals surface area (Å²) in [6, 6.07) is 6.42. The summed E-state index contributed by atoms with van der Waals surface area (Å²) in [5.74, 6) is 0. The van der Waals surface area contributed by atoms with E-state index in [4.69, 9.17) is 4.74 Å². The second-order valence-electron chi connectivity index (χ2n) is 4.05. The van der Waals surface area contributed by atoms with Gasteiger partial charge in [0.15, 0.2) is 0 Å². The van der Waals surface area contributed by atoms with Crippen molar-refractivity contribution in [3.05, 3.63) is 34.9 Å². The first-order valence-corrected chi connectivity index (χ1v) is 5.43. The molecule has 1 aromatic carbocycles. The first-order valence-electron chi connectivity index (χ1n) is 5.43. The van der Waals surface area contributed by atoms with Gasteiger partial charge in [0, 0.05) is 20.2 Å². The summed E-state index contributed by atoms with van der Waals surface area (Å²) in [6.07, 6.45) is 0.273. The highest BCUT2D eigenvalue weighted by Gasteiger charge is 2.02. The molecule has 1 N–H and O–H groups in total. The number of hydrogen-bond acceptors (Lipinski definition) is 2. The van der Waals surface area contributed by atoms with Crippen molar-refractivity contribution in [2.45, 2.75) is 33.4 Å². The van der Waals surface area contributed by atoms with E-state index in [-0.39, 0.29) is 6.10 Å². The van der Waals surface area contributed by atoms with Gasteiger partial charge in [-0.15, -0.1) is 0 Å². The van der Waals surface area contributed by atoms with Gasteiger partial charge in [-0.2, -0.15) is 0 Å². The van der Waals surface area contributed by atoms with Crippen LogP contribution in [0.15, 0.2) is 18.2 Å². The van der Waals surface area contributed by atoms with Gasteiger partial charge in [-0.25, -0.2) is 0 Å². The Morgan fingerprint density at radius 3 is 2.40 bits per heavy atom. The third-order valence-corrected chi connectivity index (χ3v) is 2.78. The number of aryl methyl sites for hydroxylation is 2. The smallest absolute Gasteiger partial charge is 0.0667 e. The van der Waals surface area contributed by atoms with Gasteiger partial charge in [0.1, 0.15) is 0 Å². The predicted octanol–water partition coefficient (Wildman–Crippen LogP) is 2.43. The molecule has 0 radical (unpaired) electrons. The van der Waals surface area contributed by atoms with E-state index in [1.807, 2.05) is 0 Å². The molecule has 0 spiro atoms. The van der Waals surface area contributed by atoms with Crippen molar-refractivity contribution in [3.63, 3.8) is 0 Å². The average molecular weight is 207 g/mol. The quantitative estimate of drug-likeness (QED) is 0.800. The third kappa shape index (κ3) is 3.65. The van der Waals surface area contributed by atoms with Crippen molar-refractivity contribution >= 4 is 0 Å². The fourth-order valence-corrected chi connectivity index (χ4v) is 1.61. The van der Waals surface area contributed by atoms with Crippen LogP contribution in [-0.2, 0) is 11.3 Å². The van der Waals surface area contributed by atoms with E-state index in [0.717, 1.165) is 13.1 Å². The summed E-state index contributed by atoms with van der Waals surface area (Å²) in [5.41, 5.74) is 4.11. The molecule has 0 aliphatic heterocycles. The molecule has 0 amide bonds. The lowest BCUT2D eigenvalue weighted by Crippen LogP contribution is -2.26. The fourth-order valence-electron chi connectivity index (χ4n) is 1.61. The fraction of sp³-hybridized carbons (Fsp3) is 0.538. The summed E-state index contributed by atoms with van der Waals surface area (Å²) in [5, 5.41) is 3.41. The Morgan fingerprint density at radius 2 is 1.87 bits per heavy atom. The molecule has 1 rings (SSSR count). The van der Waals surface area contributed by atoms with Gasteiger partial charge in [0.05, 0.1) is 6.10 Å². The average Bonchev–Trinajstić information content (AvgIpc) is 2.22. The van der Waals surface area contributed by atoms with Crippen LogP contribution < -0.4 is 5.32 Å². The lowest BCUT2D eigenvalue weighted by molar-refractivity contribution is 0.117. The summed E-state index contributed by atoms with van der Waals surface area (Å²) < 4.78 is 5.19. The maximum atomic E-state index is 5.19. The summed E-state index contributed by atoms with van der Waals surface area (Å²) in [6.45, 7) is 8.20. The van der Waals surface area contributed by atoms with Crippen molar-refractivity contribution < 1.29 is 4.74 Å². The Hall–Kier alpha value is -0.860. The summed E-state index contributed by atoms with van der Waals surface area (Å²) in [7, 11) is 1.74. The summed E-state index contributed by atoms with van der Waals surface area (Å²) >= 11 is 0. The van der Waals surface area contributed by atoms with Crippen LogP contribution in [-0.4, -0.2) is 19.8 Å². The molecule has 0 saturated heterocycles. The number of methoxy groups -OCH3 is 1. The Bertz CT molecular complexity index is 289. The largest absolute Gasteiger partial charge is 0.380 e. The maximum Gasteiger partial charge on any atom is 0.0667 e. The molecular weight excluding hydrogens is 186 g/mol. The zero-order valence-corrected chi connectivity index (χ0v) is 10.1. The standard InChI is InChI=1S/C13H21NO/c1-10-6-5-7-11(2)13(10)9-14-8-12(3)15-4/h5-7,12,14H,8-9H2,1-4H3. The van der Waals surface area contributed by atoms with Crippen LogP contribution in [0, 0.1) is 13.8 Å². The van der Waals surface area contributed by atoms with E-state index in [9.17, 15) is 0 Å². The van der Waals surface area contributed by atoms with E-state index < -0.39 is 0 Å². The molecule has 0 heterocycles. The number of hydrogen-bond donors (Lipinski definition) is 1. The highest BCUT2D eigenvalue weighted by atomic mass is 16.5. The molecule has 1 atom stereocenters. The van der Waals surface area contributed by atoms with Gasteiger partial charge in [-0.05, 0) is 37.5 Å². The Labute approximate surface area is 92.6 Å². The van der Waals surface area contributed by atoms with Crippen molar-refractivity contribution in [2.24, 2.45) is 0 Å². The predicted molar refractivity (Wildman–Crippen MR) is 64.1 cm³/mol. The molecule has 0 saturated carbocycles. The monoisotopic (exact) mass is 207 g/mol. The topological polar surface area (TPSA) is 21.3 Å². The molecule has 1 aromatic rings. The van der Waals surface area contributed by atoms with Crippen molar-refractivity contribution in [3.8, 4) is 0 Å². The van der Waals surface area contributed by atoms with E-state index in [2.05, 4.69) is 44.3 Å². The first-order chi connectivity index (χ1) is 7.15. The molecule has 1 unspecified atom stereocenters. The molecule has 15 heavy (non-hydrogen) atoms. The summed E-state index contributed by atoms with van der Waals surface area (Å²) in [4.78, 5) is 0. The van der Waals surface area contributed by atoms with Gasteiger partial charge in [-0.3, -0.25) is 0 Å². The number of benzene rings is 1. The zero-order chi connectivity index (χ0) is 11.3. The number of nitrogens with one attached hydrogen (secondary N) is 1. The number of ether oxygens (including phenoxy) is 1. The van der Waals surface area contributed by atoms with Gasteiger partial charge < -0.3 is 10.1 Å². The van der Waals surface area contributed by atoms with E-state index in [1.165, 1.54) is 16.7 Å². The molecule has 0 aliphatic rings. The van der Waals surface area contributed by atoms with Gasteiger partial charge >= 0.3 is 0 Å². The van der Waals surface area contributed by atoms with Gasteiger partial charge in [-0.1, -0.05) is 18.2 Å². The van der Waals surface area contributed by atoms with E-state index in [1.54, 1.807) is 7.11 Å². The number of rotatable bonds is 5. The maximum absolute atomic E-state index is 5.19. The van der Waals surface area contributed by atoms with Crippen LogP contribution in [0.3, 0.4) is 0 Å². The minimum atomic E-state index is 0.273. The van der Waals surface area contributed by atoms with Crippen molar-refractivity contribution in [2.75, 3.05) is 13.7 Å². The van der Waals surface area contributed by atoms with E-state index >= 15 is 0 Å². The van der Waals surface area contributed by atoms with Crippen LogP contribution >= 0.6 is 0 Å². The van der Waals surface area contributed by atoms with Crippen LogP contribution in [0.25, 0.3) is 0 Å². The molecule has 2 nitrogen and oxygen atoms in total. The third-order valence-electron chi connectivity index (χ3n) is 2.78. The van der Waals surface area contributed by atoms with Crippen LogP contribution in [0.1, 0.15) is 23.6 Å². The lowest BCUT2D eigenvalue weighted by Gasteiger charge is -2.13. The van der Waals surface area contributed by atoms with Gasteiger partial charge in [0.25, 0.3) is 0 Å². The lowest BCUT2D eigenvalue weighted by atomic mass is 10.0. The second kappa shape index (κ2) is 5.89. The normalized spacial score (nSPS) is 12.8. The molecular formula is C13H21NO. The van der Waals surface area contributed by atoms with Crippen LogP contribution in [0.4, 0.5) is 0 Å². The highest BCUT2D eigenvalue weighted by molar-refractivity contribution is 5.33. The SMILES string of the molecule is COC(C)CNCc1c(C)cccc1C. The molecule has 0 bridgehead atoms. The van der Waals surface area contributed by atoms with Crippen molar-refractivity contribution in [1.82, 2.24) is 5.32 Å². The van der Waals surface area contributed by atoms with E-state index in [0.29, 0.717) is 0 Å². The molecule has 84 valence electrons. The first kappa shape index (κ1) is 12.2.